The van der Waals surface area contributed by atoms with Crippen molar-refractivity contribution >= 4 is 6.03 Å². The van der Waals surface area contributed by atoms with Crippen molar-refractivity contribution in [3.63, 3.8) is 0 Å². The molecule has 1 saturated heterocycles. The van der Waals surface area contributed by atoms with E-state index in [2.05, 4.69) is 10.6 Å². The Labute approximate surface area is 225 Å². The van der Waals surface area contributed by atoms with Crippen molar-refractivity contribution in [2.45, 2.75) is 62.5 Å². The second-order valence-electron chi connectivity index (χ2n) is 10.5. The maximum Gasteiger partial charge on any atom is 0.315 e. The zero-order valence-electron chi connectivity index (χ0n) is 21.8. The first-order chi connectivity index (χ1) is 18.6. The molecule has 6 heteroatoms. The van der Waals surface area contributed by atoms with Gasteiger partial charge < -0.3 is 25.2 Å². The summed E-state index contributed by atoms with van der Waals surface area (Å²) in [5.74, 6) is 0.561. The average Bonchev–Trinajstić information content (AvgIpc) is 3.48. The first-order valence-corrected chi connectivity index (χ1v) is 13.8. The van der Waals surface area contributed by atoms with Crippen LogP contribution in [0.1, 0.15) is 48.8 Å². The van der Waals surface area contributed by atoms with Gasteiger partial charge >= 0.3 is 6.03 Å². The molecule has 38 heavy (non-hydrogen) atoms. The smallest absolute Gasteiger partial charge is 0.315 e. The van der Waals surface area contributed by atoms with Crippen LogP contribution in [-0.4, -0.2) is 42.7 Å². The zero-order valence-corrected chi connectivity index (χ0v) is 21.8. The van der Waals surface area contributed by atoms with E-state index in [1.54, 1.807) is 0 Å². The summed E-state index contributed by atoms with van der Waals surface area (Å²) < 4.78 is 11.2. The van der Waals surface area contributed by atoms with E-state index < -0.39 is 11.6 Å². The third-order valence-electron chi connectivity index (χ3n) is 7.92. The van der Waals surface area contributed by atoms with E-state index in [0.717, 1.165) is 48.8 Å². The molecule has 1 saturated carbocycles. The molecule has 0 aromatic heterocycles. The predicted molar refractivity (Wildman–Crippen MR) is 148 cm³/mol. The van der Waals surface area contributed by atoms with Crippen LogP contribution in [0.5, 0.6) is 0 Å². The van der Waals surface area contributed by atoms with Crippen molar-refractivity contribution in [1.29, 1.82) is 0 Å². The van der Waals surface area contributed by atoms with E-state index in [1.165, 1.54) is 0 Å². The minimum Gasteiger partial charge on any atom is -0.378 e. The normalized spacial score (nSPS) is 21.1. The summed E-state index contributed by atoms with van der Waals surface area (Å²) in [5, 5.41) is 18.8. The number of benzene rings is 3. The minimum atomic E-state index is -1.42. The lowest BCUT2D eigenvalue weighted by molar-refractivity contribution is -0.0601. The van der Waals surface area contributed by atoms with Crippen LogP contribution in [0.3, 0.4) is 0 Å². The molecule has 0 radical (unpaired) electrons. The summed E-state index contributed by atoms with van der Waals surface area (Å²) in [7, 11) is 0. The largest absolute Gasteiger partial charge is 0.378 e. The molecular weight excluding hydrogens is 476 g/mol. The van der Waals surface area contributed by atoms with E-state index in [1.807, 2.05) is 91.0 Å². The van der Waals surface area contributed by atoms with Gasteiger partial charge in [-0.25, -0.2) is 4.79 Å². The molecule has 0 unspecified atom stereocenters. The summed E-state index contributed by atoms with van der Waals surface area (Å²) in [6, 6.07) is 28.5. The van der Waals surface area contributed by atoms with Crippen molar-refractivity contribution in [3.05, 3.63) is 108 Å². The van der Waals surface area contributed by atoms with E-state index in [0.29, 0.717) is 25.6 Å². The van der Waals surface area contributed by atoms with Crippen molar-refractivity contribution in [1.82, 2.24) is 10.6 Å². The molecule has 5 rings (SSSR count). The minimum absolute atomic E-state index is 0.0693. The maximum absolute atomic E-state index is 13.4. The number of rotatable bonds is 9. The molecule has 1 aliphatic carbocycles. The lowest BCUT2D eigenvalue weighted by atomic mass is 9.77. The van der Waals surface area contributed by atoms with Gasteiger partial charge in [0.25, 0.3) is 0 Å². The van der Waals surface area contributed by atoms with Crippen LogP contribution in [0, 0.1) is 5.92 Å². The lowest BCUT2D eigenvalue weighted by Crippen LogP contribution is -2.56. The number of nitrogens with one attached hydrogen (secondary N) is 2. The molecule has 1 atom stereocenters. The lowest BCUT2D eigenvalue weighted by Gasteiger charge is -2.38. The van der Waals surface area contributed by atoms with E-state index in [9.17, 15) is 9.90 Å². The van der Waals surface area contributed by atoms with Crippen LogP contribution in [0.25, 0.3) is 0 Å². The number of amides is 2. The summed E-state index contributed by atoms with van der Waals surface area (Å²) in [4.78, 5) is 13.4. The summed E-state index contributed by atoms with van der Waals surface area (Å²) in [6.07, 6.45) is 5.27. The summed E-state index contributed by atoms with van der Waals surface area (Å²) in [6.45, 7) is 1.37. The highest BCUT2D eigenvalue weighted by molar-refractivity contribution is 5.75. The van der Waals surface area contributed by atoms with Gasteiger partial charge in [0.15, 0.2) is 6.29 Å². The third-order valence-corrected chi connectivity index (χ3v) is 7.92. The van der Waals surface area contributed by atoms with Gasteiger partial charge in [-0.2, -0.15) is 0 Å². The molecule has 6 nitrogen and oxygen atoms in total. The highest BCUT2D eigenvalue weighted by atomic mass is 16.7. The SMILES string of the molecule is O=C(N[C@H](Cc1ccccc1)C(O)(c1ccccc1)c1ccccc1)N[C@H]1CC[C@H](CC2OCCO2)CC1. The second kappa shape index (κ2) is 12.6. The van der Waals surface area contributed by atoms with E-state index >= 15 is 0 Å². The highest BCUT2D eigenvalue weighted by Gasteiger charge is 2.41. The number of carbonyl (C=O) groups is 1. The fourth-order valence-electron chi connectivity index (χ4n) is 5.85. The molecule has 1 heterocycles. The Bertz CT molecular complexity index is 1090. The maximum atomic E-state index is 13.4. The standard InChI is InChI=1S/C32H38N2O4/c35-31(33-28-18-16-25(17-19-28)23-30-37-20-21-38-30)34-29(22-24-10-4-1-5-11-24)32(36,26-12-6-2-7-13-26)27-14-8-3-9-15-27/h1-15,25,28-30,36H,16-23H2,(H2,33,34,35)/t25-,28-,29-/m1/s1. The predicted octanol–water partition coefficient (Wildman–Crippen LogP) is 5.15. The molecule has 3 aromatic carbocycles. The van der Waals surface area contributed by atoms with Crippen LogP contribution in [0.15, 0.2) is 91.0 Å². The monoisotopic (exact) mass is 514 g/mol. The number of hydrogen-bond donors (Lipinski definition) is 3. The van der Waals surface area contributed by atoms with E-state index in [4.69, 9.17) is 9.47 Å². The van der Waals surface area contributed by atoms with Crippen molar-refractivity contribution < 1.29 is 19.4 Å². The van der Waals surface area contributed by atoms with Gasteiger partial charge in [0.2, 0.25) is 0 Å². The molecule has 2 aliphatic rings. The Morgan fingerprint density at radius 3 is 1.89 bits per heavy atom. The van der Waals surface area contributed by atoms with Gasteiger partial charge in [0.05, 0.1) is 19.3 Å². The van der Waals surface area contributed by atoms with Crippen LogP contribution in [-0.2, 0) is 21.5 Å². The van der Waals surface area contributed by atoms with Gasteiger partial charge in [0.1, 0.15) is 5.60 Å². The van der Waals surface area contributed by atoms with Gasteiger partial charge in [-0.05, 0) is 54.7 Å². The van der Waals surface area contributed by atoms with Gasteiger partial charge in [-0.15, -0.1) is 0 Å². The van der Waals surface area contributed by atoms with Crippen LogP contribution in [0.4, 0.5) is 4.79 Å². The Morgan fingerprint density at radius 1 is 0.816 bits per heavy atom. The Morgan fingerprint density at radius 2 is 1.34 bits per heavy atom. The molecule has 0 bridgehead atoms. The van der Waals surface area contributed by atoms with Gasteiger partial charge in [0, 0.05) is 12.5 Å². The second-order valence-corrected chi connectivity index (χ2v) is 10.5. The Kier molecular flexibility index (Phi) is 8.74. The van der Waals surface area contributed by atoms with Crippen LogP contribution >= 0.6 is 0 Å². The quantitative estimate of drug-likeness (QED) is 0.369. The Balaban J connectivity index is 1.32. The molecule has 0 spiro atoms. The fraction of sp³-hybridized carbons (Fsp3) is 0.406. The fourth-order valence-corrected chi connectivity index (χ4v) is 5.85. The number of hydrogen-bond acceptors (Lipinski definition) is 4. The number of urea groups is 1. The van der Waals surface area contributed by atoms with Crippen LogP contribution < -0.4 is 10.6 Å². The molecule has 2 amide bonds. The zero-order chi connectivity index (χ0) is 26.2. The Hall–Kier alpha value is -3.19. The molecule has 200 valence electrons. The summed E-state index contributed by atoms with van der Waals surface area (Å²) in [5.41, 5.74) is 1.10. The van der Waals surface area contributed by atoms with Gasteiger partial charge in [-0.3, -0.25) is 0 Å². The first kappa shape index (κ1) is 26.4. The van der Waals surface area contributed by atoms with Crippen molar-refractivity contribution in [2.24, 2.45) is 5.92 Å². The van der Waals surface area contributed by atoms with Crippen LogP contribution in [0.2, 0.25) is 0 Å². The van der Waals surface area contributed by atoms with Crippen molar-refractivity contribution in [2.75, 3.05) is 13.2 Å². The number of aliphatic hydroxyl groups is 1. The third kappa shape index (κ3) is 6.44. The first-order valence-electron chi connectivity index (χ1n) is 13.8. The number of ether oxygens (including phenoxy) is 2. The van der Waals surface area contributed by atoms with Gasteiger partial charge in [-0.1, -0.05) is 91.0 Å². The number of carbonyl (C=O) groups excluding carboxylic acids is 1. The molecule has 1 aliphatic heterocycles. The van der Waals surface area contributed by atoms with Crippen molar-refractivity contribution in [3.8, 4) is 0 Å². The molecule has 3 N–H and O–H groups in total. The average molecular weight is 515 g/mol. The molecule has 2 fully saturated rings. The molecular formula is C32H38N2O4. The topological polar surface area (TPSA) is 79.8 Å². The van der Waals surface area contributed by atoms with E-state index in [-0.39, 0.29) is 18.4 Å². The summed E-state index contributed by atoms with van der Waals surface area (Å²) >= 11 is 0. The highest BCUT2D eigenvalue weighted by Crippen LogP contribution is 2.35. The molecule has 3 aromatic rings.